The predicted octanol–water partition coefficient (Wildman–Crippen LogP) is -4.52. The normalized spacial score (nSPS) is 19.1. The molecule has 19 heteroatoms. The summed E-state index contributed by atoms with van der Waals surface area (Å²) in [5.41, 5.74) is 5.14. The average molecular weight is 715 g/mol. The standard InChI is InChI=1S/C31H54N8O11/c1-13(2)21(34-18(8)43)29(48)38-24(17(7)42)31(50)39-11-9-10-20(39)27(46)36-22(14(3)4)28(47)35-19(12-40)26(45)37-23(16(6)41)30(49)33-15(5)25(32)44/h13-17,19-24,40-42H,9-12H2,1-8H3,(H2,32,44)(H,33,49)(H,34,43)(H,35,47)(H,36,46)(H,37,45)(H,38,48)/t15-,16+,17+,19-,20-,21-,22-,23-,24-/m0/s1. The molecule has 0 saturated carbocycles. The van der Waals surface area contributed by atoms with Gasteiger partial charge in [-0.05, 0) is 45.4 Å². The topological polar surface area (TPSA) is 299 Å². The van der Waals surface area contributed by atoms with E-state index in [1.54, 1.807) is 27.7 Å². The Bertz CT molecular complexity index is 1260. The second-order valence-corrected chi connectivity index (χ2v) is 13.2. The molecule has 284 valence electrons. The summed E-state index contributed by atoms with van der Waals surface area (Å²) < 4.78 is 0. The van der Waals surface area contributed by atoms with Crippen molar-refractivity contribution in [1.82, 2.24) is 36.8 Å². The van der Waals surface area contributed by atoms with Gasteiger partial charge in [0.05, 0.1) is 18.8 Å². The van der Waals surface area contributed by atoms with E-state index in [1.807, 2.05) is 0 Å². The first-order valence-corrected chi connectivity index (χ1v) is 16.5. The van der Waals surface area contributed by atoms with E-state index >= 15 is 0 Å². The maximum atomic E-state index is 13.6. The van der Waals surface area contributed by atoms with Gasteiger partial charge in [0.1, 0.15) is 42.3 Å². The molecule has 0 spiro atoms. The van der Waals surface area contributed by atoms with Crippen LogP contribution in [0.1, 0.15) is 68.2 Å². The summed E-state index contributed by atoms with van der Waals surface area (Å²) in [4.78, 5) is 103. The molecule has 1 saturated heterocycles. The monoisotopic (exact) mass is 714 g/mol. The van der Waals surface area contributed by atoms with Crippen molar-refractivity contribution in [2.75, 3.05) is 13.2 Å². The highest BCUT2D eigenvalue weighted by molar-refractivity contribution is 5.98. The van der Waals surface area contributed by atoms with Gasteiger partial charge < -0.3 is 57.9 Å². The molecule has 0 radical (unpaired) electrons. The van der Waals surface area contributed by atoms with E-state index in [2.05, 4.69) is 31.9 Å². The minimum atomic E-state index is -1.63. The van der Waals surface area contributed by atoms with Gasteiger partial charge in [-0.25, -0.2) is 0 Å². The highest BCUT2D eigenvalue weighted by Gasteiger charge is 2.42. The number of aliphatic hydroxyl groups is 3. The first-order chi connectivity index (χ1) is 23.1. The molecule has 1 aliphatic heterocycles. The molecule has 0 aromatic rings. The van der Waals surface area contributed by atoms with E-state index in [9.17, 15) is 53.7 Å². The van der Waals surface area contributed by atoms with E-state index in [4.69, 9.17) is 5.73 Å². The fourth-order valence-corrected chi connectivity index (χ4v) is 5.14. The minimum absolute atomic E-state index is 0.108. The fourth-order valence-electron chi connectivity index (χ4n) is 5.14. The quantitative estimate of drug-likeness (QED) is 0.0645. The number of carbonyl (C=O) groups is 8. The number of carbonyl (C=O) groups excluding carboxylic acids is 8. The summed E-state index contributed by atoms with van der Waals surface area (Å²) in [5, 5.41) is 44.7. The Morgan fingerprint density at radius 3 is 1.62 bits per heavy atom. The molecule has 0 unspecified atom stereocenters. The van der Waals surface area contributed by atoms with Crippen LogP contribution in [0.3, 0.4) is 0 Å². The van der Waals surface area contributed by atoms with Crippen LogP contribution >= 0.6 is 0 Å². The number of nitrogens with two attached hydrogens (primary N) is 1. The van der Waals surface area contributed by atoms with Crippen molar-refractivity contribution in [3.8, 4) is 0 Å². The molecule has 1 rings (SSSR count). The van der Waals surface area contributed by atoms with Crippen molar-refractivity contribution in [2.24, 2.45) is 17.6 Å². The molecule has 0 aromatic heterocycles. The SMILES string of the molecule is CC(=O)N[C@H](C(=O)N[C@H](C(=O)N1CCC[C@H]1C(=O)N[C@H](C(=O)N[C@@H](CO)C(=O)N[C@H](C(=O)N[C@@H](C)C(N)=O)[C@@H](C)O)C(C)C)[C@@H](C)O)C(C)C. The number of nitrogens with one attached hydrogen (secondary N) is 6. The Labute approximate surface area is 291 Å². The van der Waals surface area contributed by atoms with E-state index in [1.165, 1.54) is 32.6 Å². The highest BCUT2D eigenvalue weighted by atomic mass is 16.3. The van der Waals surface area contributed by atoms with Gasteiger partial charge in [-0.15, -0.1) is 0 Å². The van der Waals surface area contributed by atoms with Crippen molar-refractivity contribution in [3.05, 3.63) is 0 Å². The molecule has 11 N–H and O–H groups in total. The second kappa shape index (κ2) is 19.7. The van der Waals surface area contributed by atoms with Gasteiger partial charge in [0.15, 0.2) is 0 Å². The van der Waals surface area contributed by atoms with Crippen LogP contribution in [0.25, 0.3) is 0 Å². The number of aliphatic hydroxyl groups excluding tert-OH is 3. The molecule has 8 amide bonds. The fraction of sp³-hybridized carbons (Fsp3) is 0.742. The first-order valence-electron chi connectivity index (χ1n) is 16.5. The number of likely N-dealkylation sites (tertiary alicyclic amines) is 1. The number of hydrogen-bond acceptors (Lipinski definition) is 11. The van der Waals surface area contributed by atoms with Crippen LogP contribution in [-0.2, 0) is 38.4 Å². The molecule has 0 bridgehead atoms. The molecule has 0 aromatic carbocycles. The van der Waals surface area contributed by atoms with Crippen LogP contribution in [0.4, 0.5) is 0 Å². The van der Waals surface area contributed by atoms with Crippen molar-refractivity contribution in [1.29, 1.82) is 0 Å². The van der Waals surface area contributed by atoms with Crippen molar-refractivity contribution in [3.63, 3.8) is 0 Å². The summed E-state index contributed by atoms with van der Waals surface area (Å²) in [6, 6.07) is -9.14. The van der Waals surface area contributed by atoms with Crippen LogP contribution in [0.15, 0.2) is 0 Å². The summed E-state index contributed by atoms with van der Waals surface area (Å²) in [5.74, 6) is -7.30. The maximum absolute atomic E-state index is 13.6. The lowest BCUT2D eigenvalue weighted by Crippen LogP contribution is -2.62. The Balaban J connectivity index is 3.09. The summed E-state index contributed by atoms with van der Waals surface area (Å²) in [6.07, 6.45) is -2.23. The van der Waals surface area contributed by atoms with Crippen LogP contribution in [0.5, 0.6) is 0 Å². The van der Waals surface area contributed by atoms with Crippen LogP contribution in [0.2, 0.25) is 0 Å². The van der Waals surface area contributed by atoms with E-state index in [-0.39, 0.29) is 18.9 Å². The van der Waals surface area contributed by atoms with Crippen LogP contribution in [0, 0.1) is 11.8 Å². The number of amides is 8. The molecular weight excluding hydrogens is 660 g/mol. The number of primary amides is 1. The third-order valence-electron chi connectivity index (χ3n) is 8.10. The van der Waals surface area contributed by atoms with Gasteiger partial charge in [0.2, 0.25) is 47.3 Å². The zero-order valence-corrected chi connectivity index (χ0v) is 29.8. The Hall–Kier alpha value is -4.36. The summed E-state index contributed by atoms with van der Waals surface area (Å²) >= 11 is 0. The molecule has 0 aliphatic carbocycles. The van der Waals surface area contributed by atoms with Crippen LogP contribution in [-0.4, -0.2) is 135 Å². The highest BCUT2D eigenvalue weighted by Crippen LogP contribution is 2.20. The molecule has 1 aliphatic rings. The summed E-state index contributed by atoms with van der Waals surface area (Å²) in [6.45, 7) is 10.8. The van der Waals surface area contributed by atoms with E-state index in [0.29, 0.717) is 6.42 Å². The zero-order valence-electron chi connectivity index (χ0n) is 29.8. The van der Waals surface area contributed by atoms with Crippen molar-refractivity contribution in [2.45, 2.75) is 123 Å². The van der Waals surface area contributed by atoms with Gasteiger partial charge in [-0.1, -0.05) is 27.7 Å². The van der Waals surface area contributed by atoms with Gasteiger partial charge in [0, 0.05) is 13.5 Å². The Morgan fingerprint density at radius 2 is 1.16 bits per heavy atom. The lowest BCUT2D eigenvalue weighted by Gasteiger charge is -2.32. The molecule has 1 fully saturated rings. The Morgan fingerprint density at radius 1 is 0.680 bits per heavy atom. The number of hydrogen-bond donors (Lipinski definition) is 10. The Kier molecular flexibility index (Phi) is 17.2. The minimum Gasteiger partial charge on any atom is -0.394 e. The largest absolute Gasteiger partial charge is 0.394 e. The van der Waals surface area contributed by atoms with E-state index in [0.717, 1.165) is 0 Å². The lowest BCUT2D eigenvalue weighted by atomic mass is 10.0. The average Bonchev–Trinajstić information content (AvgIpc) is 3.51. The smallest absolute Gasteiger partial charge is 0.248 e. The number of rotatable bonds is 18. The van der Waals surface area contributed by atoms with Gasteiger partial charge in [-0.3, -0.25) is 38.4 Å². The van der Waals surface area contributed by atoms with E-state index < -0.39 is 114 Å². The second-order valence-electron chi connectivity index (χ2n) is 13.2. The summed E-state index contributed by atoms with van der Waals surface area (Å²) in [7, 11) is 0. The third-order valence-corrected chi connectivity index (χ3v) is 8.10. The van der Waals surface area contributed by atoms with Gasteiger partial charge in [-0.2, -0.15) is 0 Å². The number of nitrogens with zero attached hydrogens (tertiary/aromatic N) is 1. The van der Waals surface area contributed by atoms with Gasteiger partial charge in [0.25, 0.3) is 0 Å². The van der Waals surface area contributed by atoms with Gasteiger partial charge >= 0.3 is 0 Å². The molecule has 50 heavy (non-hydrogen) atoms. The molecule has 1 heterocycles. The predicted molar refractivity (Wildman–Crippen MR) is 177 cm³/mol. The van der Waals surface area contributed by atoms with Crippen molar-refractivity contribution >= 4 is 47.3 Å². The third kappa shape index (κ3) is 12.5. The molecular formula is C31H54N8O11. The van der Waals surface area contributed by atoms with Crippen LogP contribution < -0.4 is 37.6 Å². The molecule has 19 nitrogen and oxygen atoms in total. The van der Waals surface area contributed by atoms with Crippen molar-refractivity contribution < 1.29 is 53.7 Å². The lowest BCUT2D eigenvalue weighted by molar-refractivity contribution is -0.145. The maximum Gasteiger partial charge on any atom is 0.248 e. The molecule has 9 atom stereocenters. The zero-order chi connectivity index (χ0) is 38.6. The first kappa shape index (κ1) is 43.7.